The summed E-state index contributed by atoms with van der Waals surface area (Å²) >= 11 is 0. The van der Waals surface area contributed by atoms with Crippen molar-refractivity contribution in [3.8, 4) is 0 Å². The van der Waals surface area contributed by atoms with Crippen LogP contribution in [0.2, 0.25) is 0 Å². The van der Waals surface area contributed by atoms with Crippen LogP contribution in [-0.4, -0.2) is 23.5 Å². The molecule has 0 radical (unpaired) electrons. The van der Waals surface area contributed by atoms with Crippen molar-refractivity contribution in [2.45, 2.75) is 39.7 Å². The predicted molar refractivity (Wildman–Crippen MR) is 79.3 cm³/mol. The van der Waals surface area contributed by atoms with E-state index in [1.54, 1.807) is 0 Å². The molecule has 1 amide bonds. The maximum absolute atomic E-state index is 10.7. The van der Waals surface area contributed by atoms with E-state index in [9.17, 15) is 4.79 Å². The zero-order valence-corrected chi connectivity index (χ0v) is 12.3. The molecule has 0 fully saturated rings. The first kappa shape index (κ1) is 18.1. The molecule has 1 aromatic carbocycles. The van der Waals surface area contributed by atoms with Gasteiger partial charge in [0.15, 0.2) is 0 Å². The van der Waals surface area contributed by atoms with Crippen molar-refractivity contribution in [1.29, 1.82) is 0 Å². The van der Waals surface area contributed by atoms with Crippen LogP contribution in [0, 0.1) is 6.92 Å². The van der Waals surface area contributed by atoms with Crippen LogP contribution in [0.15, 0.2) is 24.3 Å². The molecule has 0 bridgehead atoms. The number of nitrogens with one attached hydrogen (secondary N) is 1. The normalized spacial score (nSPS) is 11.0. The molecule has 0 aromatic heterocycles. The van der Waals surface area contributed by atoms with E-state index in [2.05, 4.69) is 30.4 Å². The number of amides is 1. The van der Waals surface area contributed by atoms with Gasteiger partial charge in [0.1, 0.15) is 0 Å². The van der Waals surface area contributed by atoms with Gasteiger partial charge in [-0.05, 0) is 25.3 Å². The first-order valence-corrected chi connectivity index (χ1v) is 6.59. The molecule has 1 aromatic rings. The summed E-state index contributed by atoms with van der Waals surface area (Å²) in [5.74, 6) is -0.816. The molecule has 5 heteroatoms. The Labute approximate surface area is 120 Å². The third-order valence-electron chi connectivity index (χ3n) is 2.54. The number of nitrogens with two attached hydrogens (primary N) is 1. The average molecular weight is 280 g/mol. The van der Waals surface area contributed by atoms with Crippen LogP contribution in [0.3, 0.4) is 0 Å². The minimum absolute atomic E-state index is 0.0177. The van der Waals surface area contributed by atoms with Crippen LogP contribution in [0.5, 0.6) is 0 Å². The Balaban J connectivity index is 0.000000796. The molecule has 4 N–H and O–H groups in total. The third-order valence-corrected chi connectivity index (χ3v) is 2.54. The van der Waals surface area contributed by atoms with E-state index in [0.29, 0.717) is 6.54 Å². The van der Waals surface area contributed by atoms with Crippen molar-refractivity contribution in [2.24, 2.45) is 5.73 Å². The van der Waals surface area contributed by atoms with Crippen molar-refractivity contribution >= 4 is 11.9 Å². The summed E-state index contributed by atoms with van der Waals surface area (Å²) in [7, 11) is 0. The lowest BCUT2D eigenvalue weighted by Crippen LogP contribution is -2.22. The number of carbonyl (C=O) groups is 2. The molecule has 0 saturated carbocycles. The van der Waals surface area contributed by atoms with Gasteiger partial charge in [-0.15, -0.1) is 0 Å². The summed E-state index contributed by atoms with van der Waals surface area (Å²) in [5.41, 5.74) is 8.47. The van der Waals surface area contributed by atoms with Gasteiger partial charge >= 0.3 is 0 Å². The van der Waals surface area contributed by atoms with E-state index in [4.69, 9.17) is 15.6 Å². The number of carboxylic acid groups (broad SMARTS) is 1. The number of carbonyl (C=O) groups excluding carboxylic acids is 1. The molecule has 20 heavy (non-hydrogen) atoms. The molecule has 0 saturated heterocycles. The van der Waals surface area contributed by atoms with Gasteiger partial charge in [0.05, 0.1) is 0 Å². The summed E-state index contributed by atoms with van der Waals surface area (Å²) in [6, 6.07) is 8.32. The second-order valence-corrected chi connectivity index (χ2v) is 4.66. The maximum Gasteiger partial charge on any atom is 0.300 e. The molecule has 0 spiro atoms. The molecular weight excluding hydrogens is 256 g/mol. The fraction of sp³-hybridized carbons (Fsp3) is 0.467. The van der Waals surface area contributed by atoms with Gasteiger partial charge in [0, 0.05) is 26.4 Å². The Morgan fingerprint density at radius 3 is 2.45 bits per heavy atom. The Hall–Kier alpha value is -1.88. The number of benzene rings is 1. The van der Waals surface area contributed by atoms with E-state index in [1.807, 2.05) is 6.07 Å². The number of hydrogen-bond acceptors (Lipinski definition) is 3. The summed E-state index contributed by atoms with van der Waals surface area (Å²) in [6.07, 6.45) is 1.80. The van der Waals surface area contributed by atoms with Crippen molar-refractivity contribution in [2.75, 3.05) is 6.54 Å². The molecule has 112 valence electrons. The second-order valence-electron chi connectivity index (χ2n) is 4.66. The number of rotatable bonds is 5. The molecule has 5 nitrogen and oxygen atoms in total. The first-order chi connectivity index (χ1) is 9.32. The van der Waals surface area contributed by atoms with Crippen molar-refractivity contribution in [3.63, 3.8) is 0 Å². The number of aliphatic carboxylic acids is 1. The summed E-state index contributed by atoms with van der Waals surface area (Å²) in [5, 5.41) is 10.2. The smallest absolute Gasteiger partial charge is 0.300 e. The van der Waals surface area contributed by atoms with Gasteiger partial charge in [-0.3, -0.25) is 9.59 Å². The zero-order valence-electron chi connectivity index (χ0n) is 12.3. The highest BCUT2D eigenvalue weighted by Crippen LogP contribution is 2.16. The number of aryl methyl sites for hydroxylation is 1. The van der Waals surface area contributed by atoms with Crippen LogP contribution < -0.4 is 11.1 Å². The fourth-order valence-corrected chi connectivity index (χ4v) is 1.65. The van der Waals surface area contributed by atoms with Crippen molar-refractivity contribution in [3.05, 3.63) is 35.4 Å². The van der Waals surface area contributed by atoms with Crippen molar-refractivity contribution in [1.82, 2.24) is 5.32 Å². The van der Waals surface area contributed by atoms with E-state index in [0.717, 1.165) is 19.8 Å². The van der Waals surface area contributed by atoms with Crippen LogP contribution in [0.4, 0.5) is 0 Å². The SMILES string of the molecule is CC(=O)NCCCC(N)c1cccc(C)c1.CC(=O)O. The van der Waals surface area contributed by atoms with Gasteiger partial charge in [0.2, 0.25) is 5.91 Å². The molecule has 1 rings (SSSR count). The van der Waals surface area contributed by atoms with Crippen LogP contribution >= 0.6 is 0 Å². The van der Waals surface area contributed by atoms with Crippen molar-refractivity contribution < 1.29 is 14.7 Å². The summed E-state index contributed by atoms with van der Waals surface area (Å²) in [4.78, 5) is 19.7. The fourth-order valence-electron chi connectivity index (χ4n) is 1.65. The minimum atomic E-state index is -0.833. The van der Waals surface area contributed by atoms with E-state index < -0.39 is 5.97 Å². The highest BCUT2D eigenvalue weighted by Gasteiger charge is 2.05. The molecule has 1 atom stereocenters. The highest BCUT2D eigenvalue weighted by atomic mass is 16.4. The molecule has 0 heterocycles. The largest absolute Gasteiger partial charge is 0.481 e. The molecular formula is C15H24N2O3. The van der Waals surface area contributed by atoms with Crippen LogP contribution in [-0.2, 0) is 9.59 Å². The average Bonchev–Trinajstić information content (AvgIpc) is 2.33. The maximum atomic E-state index is 10.7. The van der Waals surface area contributed by atoms with Gasteiger partial charge < -0.3 is 16.2 Å². The lowest BCUT2D eigenvalue weighted by Gasteiger charge is -2.12. The van der Waals surface area contributed by atoms with E-state index in [-0.39, 0.29) is 11.9 Å². The molecule has 0 aliphatic carbocycles. The highest BCUT2D eigenvalue weighted by molar-refractivity contribution is 5.72. The standard InChI is InChI=1S/C13H20N2O.C2H4O2/c1-10-5-3-6-12(9-10)13(14)7-4-8-15-11(2)16;1-2(3)4/h3,5-6,9,13H,4,7-8,14H2,1-2H3,(H,15,16);1H3,(H,3,4). The van der Waals surface area contributed by atoms with E-state index in [1.165, 1.54) is 18.1 Å². The lowest BCUT2D eigenvalue weighted by molar-refractivity contribution is -0.134. The summed E-state index contributed by atoms with van der Waals surface area (Å²) < 4.78 is 0. The molecule has 0 aliphatic rings. The van der Waals surface area contributed by atoms with Gasteiger partial charge in [0.25, 0.3) is 5.97 Å². The Kier molecular flexibility index (Phi) is 9.04. The number of carboxylic acids is 1. The van der Waals surface area contributed by atoms with Crippen LogP contribution in [0.1, 0.15) is 43.9 Å². The predicted octanol–water partition coefficient (Wildman–Crippen LogP) is 2.00. The Morgan fingerprint density at radius 1 is 1.35 bits per heavy atom. The first-order valence-electron chi connectivity index (χ1n) is 6.59. The number of hydrogen-bond donors (Lipinski definition) is 3. The summed E-state index contributed by atoms with van der Waals surface area (Å²) in [6.45, 7) is 5.38. The second kappa shape index (κ2) is 9.97. The monoisotopic (exact) mass is 280 g/mol. The Morgan fingerprint density at radius 2 is 1.95 bits per heavy atom. The lowest BCUT2D eigenvalue weighted by atomic mass is 10.0. The van der Waals surface area contributed by atoms with Gasteiger partial charge in [-0.2, -0.15) is 0 Å². The topological polar surface area (TPSA) is 92.4 Å². The van der Waals surface area contributed by atoms with Gasteiger partial charge in [-0.25, -0.2) is 0 Å². The van der Waals surface area contributed by atoms with Crippen LogP contribution in [0.25, 0.3) is 0 Å². The molecule has 1 unspecified atom stereocenters. The minimum Gasteiger partial charge on any atom is -0.481 e. The third kappa shape index (κ3) is 10.1. The molecule has 0 aliphatic heterocycles. The van der Waals surface area contributed by atoms with Gasteiger partial charge in [-0.1, -0.05) is 29.8 Å². The van der Waals surface area contributed by atoms with E-state index >= 15 is 0 Å². The quantitative estimate of drug-likeness (QED) is 0.719. The zero-order chi connectivity index (χ0) is 15.5. The Bertz CT molecular complexity index is 429.